The molecular weight excluding hydrogens is 203 g/mol. The van der Waals surface area contributed by atoms with Gasteiger partial charge in [0.25, 0.3) is 0 Å². The summed E-state index contributed by atoms with van der Waals surface area (Å²) in [6, 6.07) is 0. The van der Waals surface area contributed by atoms with Gasteiger partial charge in [0, 0.05) is 6.92 Å². The standard InChI is InChI=1S/C11H16O2S.Li/c1-9-5-7-10(8-6-9)14(12,13)11(2,3)4;/h5-7H,1-4H3,(H-,12,13);/q;+1. The summed E-state index contributed by atoms with van der Waals surface area (Å²) < 4.78 is 23.1. The van der Waals surface area contributed by atoms with Gasteiger partial charge in [-0.05, 0) is 25.5 Å². The maximum absolute atomic E-state index is 11.9. The van der Waals surface area contributed by atoms with E-state index in [4.69, 9.17) is 0 Å². The fourth-order valence-corrected chi connectivity index (χ4v) is 2.11. The quantitative estimate of drug-likeness (QED) is 0.358. The Hall–Kier alpha value is -0.00260. The number of rotatable bonds is 1. The van der Waals surface area contributed by atoms with Crippen molar-refractivity contribution in [2.45, 2.75) is 32.4 Å². The predicted molar refractivity (Wildman–Crippen MR) is 59.7 cm³/mol. The Morgan fingerprint density at radius 2 is 1.93 bits per heavy atom. The summed E-state index contributed by atoms with van der Waals surface area (Å²) in [4.78, 5) is 0.274. The van der Waals surface area contributed by atoms with Crippen molar-refractivity contribution >= 4 is 10.6 Å². The Kier molecular flexibility index (Phi) is 4.89. The van der Waals surface area contributed by atoms with Gasteiger partial charge in [0.2, 0.25) is 0 Å². The van der Waals surface area contributed by atoms with Crippen molar-refractivity contribution in [2.24, 2.45) is 0 Å². The van der Waals surface area contributed by atoms with Crippen LogP contribution < -0.4 is 18.9 Å². The van der Waals surface area contributed by atoms with Gasteiger partial charge in [0.05, 0.1) is 23.8 Å². The molecule has 0 aromatic heterocycles. The van der Waals surface area contributed by atoms with Gasteiger partial charge in [0.15, 0.2) is 4.91 Å². The molecule has 0 aliphatic heterocycles. The molecule has 15 heavy (non-hydrogen) atoms. The topological polar surface area (TPSA) is 46.1 Å². The molecule has 2 nitrogen and oxygen atoms in total. The number of hydrogen-bond acceptors (Lipinski definition) is 2. The van der Waals surface area contributed by atoms with Crippen LogP contribution in [-0.4, -0.2) is 13.9 Å². The van der Waals surface area contributed by atoms with E-state index in [2.05, 4.69) is 5.73 Å². The summed E-state index contributed by atoms with van der Waals surface area (Å²) >= 11 is 0. The molecule has 0 radical (unpaired) electrons. The van der Waals surface area contributed by atoms with Crippen molar-refractivity contribution in [3.05, 3.63) is 34.8 Å². The molecule has 0 aromatic rings. The van der Waals surface area contributed by atoms with Crippen LogP contribution in [0.25, 0.3) is 0 Å². The van der Waals surface area contributed by atoms with E-state index < -0.39 is 15.3 Å². The van der Waals surface area contributed by atoms with Gasteiger partial charge in [-0.25, -0.2) is 0 Å². The van der Waals surface area contributed by atoms with Gasteiger partial charge in [-0.1, -0.05) is 0 Å². The fraction of sp³-hybridized carbons (Fsp3) is 0.455. The largest absolute Gasteiger partial charge is 1.00 e. The molecule has 0 N–H and O–H groups in total. The minimum absolute atomic E-state index is 0. The van der Waals surface area contributed by atoms with Gasteiger partial charge in [-0.2, -0.15) is 0 Å². The molecule has 1 rings (SSSR count). The molecule has 0 heterocycles. The molecule has 0 fully saturated rings. The second kappa shape index (κ2) is 4.89. The molecule has 1 aliphatic carbocycles. The number of allylic oxidation sites excluding steroid dienone is 3. The Morgan fingerprint density at radius 1 is 1.40 bits per heavy atom. The minimum atomic E-state index is -3.25. The molecule has 0 aromatic carbocycles. The van der Waals surface area contributed by atoms with Crippen molar-refractivity contribution in [1.82, 2.24) is 0 Å². The van der Waals surface area contributed by atoms with Crippen molar-refractivity contribution in [3.8, 4) is 0 Å². The SMILES string of the molecule is CC1=C[CH+]C(S([O-])([O-])C(C)(C)C)=C=C1.[H+].[Li+]. The van der Waals surface area contributed by atoms with E-state index in [0.717, 1.165) is 5.57 Å². The van der Waals surface area contributed by atoms with Gasteiger partial charge < -0.3 is 19.7 Å². The number of sulfone groups is 1. The van der Waals surface area contributed by atoms with Crippen LogP contribution in [0.5, 0.6) is 0 Å². The van der Waals surface area contributed by atoms with Crippen LogP contribution in [0, 0.1) is 6.42 Å². The van der Waals surface area contributed by atoms with Crippen LogP contribution in [-0.2, 0) is 0 Å². The van der Waals surface area contributed by atoms with Crippen LogP contribution >= 0.6 is 10.6 Å². The Bertz CT molecular complexity index is 336. The van der Waals surface area contributed by atoms with E-state index in [-0.39, 0.29) is 25.2 Å². The molecule has 0 amide bonds. The second-order valence-electron chi connectivity index (χ2n) is 4.35. The summed E-state index contributed by atoms with van der Waals surface area (Å²) in [5, 5.41) is 0. The van der Waals surface area contributed by atoms with Gasteiger partial charge in [-0.15, -0.1) is 0 Å². The third-order valence-electron chi connectivity index (χ3n) is 2.04. The predicted octanol–water partition coefficient (Wildman–Crippen LogP) is 0.170. The van der Waals surface area contributed by atoms with Crippen molar-refractivity contribution in [3.63, 3.8) is 0 Å². The maximum atomic E-state index is 11.9. The summed E-state index contributed by atoms with van der Waals surface area (Å²) in [6.45, 7) is 6.98. The maximum Gasteiger partial charge on any atom is 1.00 e. The first-order valence-corrected chi connectivity index (χ1v) is 5.96. The van der Waals surface area contributed by atoms with E-state index in [1.165, 1.54) is 0 Å². The molecule has 0 spiro atoms. The van der Waals surface area contributed by atoms with E-state index in [9.17, 15) is 9.11 Å². The first-order chi connectivity index (χ1) is 6.25. The van der Waals surface area contributed by atoms with Crippen molar-refractivity contribution in [2.75, 3.05) is 0 Å². The van der Waals surface area contributed by atoms with Gasteiger partial charge >= 0.3 is 20.3 Å². The summed E-state index contributed by atoms with van der Waals surface area (Å²) in [5.74, 6) is 0. The number of hydrogen-bond donors (Lipinski definition) is 0. The first-order valence-electron chi connectivity index (χ1n) is 4.48. The van der Waals surface area contributed by atoms with Crippen LogP contribution in [0.3, 0.4) is 0 Å². The molecule has 0 unspecified atom stereocenters. The normalized spacial score (nSPS) is 17.2. The van der Waals surface area contributed by atoms with Crippen molar-refractivity contribution < 1.29 is 29.4 Å². The zero-order valence-corrected chi connectivity index (χ0v) is 10.8. The zero-order valence-electron chi connectivity index (χ0n) is 11.0. The molecule has 0 bridgehead atoms. The smallest absolute Gasteiger partial charge is 0.794 e. The van der Waals surface area contributed by atoms with E-state index >= 15 is 0 Å². The molecule has 0 atom stereocenters. The Balaban J connectivity index is 0. The average Bonchev–Trinajstić information content (AvgIpc) is 2.03. The third kappa shape index (κ3) is 3.22. The first kappa shape index (κ1) is 15.0. The van der Waals surface area contributed by atoms with Crippen molar-refractivity contribution in [1.29, 1.82) is 0 Å². The van der Waals surface area contributed by atoms with Crippen LogP contribution in [0.1, 0.15) is 29.1 Å². The summed E-state index contributed by atoms with van der Waals surface area (Å²) in [5.41, 5.74) is 3.81. The zero-order chi connectivity index (χ0) is 11.0. The Labute approximate surface area is 107 Å². The fourth-order valence-electron chi connectivity index (χ4n) is 0.985. The van der Waals surface area contributed by atoms with Gasteiger partial charge in [0.1, 0.15) is 6.08 Å². The summed E-state index contributed by atoms with van der Waals surface area (Å²) in [7, 11) is -3.25. The molecule has 4 heteroatoms. The molecular formula is C11H16LiO2S+. The minimum Gasteiger partial charge on any atom is -0.794 e. The molecule has 0 saturated carbocycles. The van der Waals surface area contributed by atoms with Crippen LogP contribution in [0.2, 0.25) is 0 Å². The summed E-state index contributed by atoms with van der Waals surface area (Å²) in [6.07, 6.45) is 5.09. The van der Waals surface area contributed by atoms with E-state index in [1.807, 2.05) is 6.92 Å². The Morgan fingerprint density at radius 3 is 2.27 bits per heavy atom. The second-order valence-corrected chi connectivity index (χ2v) is 7.02. The van der Waals surface area contributed by atoms with Crippen LogP contribution in [0.15, 0.2) is 28.4 Å². The molecule has 78 valence electrons. The monoisotopic (exact) mass is 219 g/mol. The average molecular weight is 219 g/mol. The van der Waals surface area contributed by atoms with Gasteiger partial charge in [-0.3, -0.25) is 0 Å². The van der Waals surface area contributed by atoms with E-state index in [0.29, 0.717) is 0 Å². The molecule has 0 saturated heterocycles. The van der Waals surface area contributed by atoms with Crippen LogP contribution in [0.4, 0.5) is 0 Å². The molecule has 1 aliphatic rings. The van der Waals surface area contributed by atoms with E-state index in [1.54, 1.807) is 39.3 Å². The third-order valence-corrected chi connectivity index (χ3v) is 4.48.